The largest absolute Gasteiger partial charge is 0.481 e. The molecule has 0 saturated heterocycles. The van der Waals surface area contributed by atoms with Gasteiger partial charge in [-0.25, -0.2) is 9.18 Å². The van der Waals surface area contributed by atoms with Gasteiger partial charge in [0.2, 0.25) is 0 Å². The van der Waals surface area contributed by atoms with Crippen LogP contribution in [0.2, 0.25) is 0 Å². The highest BCUT2D eigenvalue weighted by atomic mass is 79.9. The van der Waals surface area contributed by atoms with E-state index in [-0.39, 0.29) is 29.5 Å². The molecule has 7 heteroatoms. The van der Waals surface area contributed by atoms with Crippen molar-refractivity contribution in [3.63, 3.8) is 0 Å². The first kappa shape index (κ1) is 15.8. The number of carbonyl (C=O) groups excluding carboxylic acids is 1. The Morgan fingerprint density at radius 2 is 2.14 bits per heavy atom. The van der Waals surface area contributed by atoms with Crippen molar-refractivity contribution in [1.82, 2.24) is 4.90 Å². The normalized spacial score (nSPS) is 13.9. The number of benzene rings is 1. The van der Waals surface area contributed by atoms with E-state index in [1.165, 1.54) is 17.0 Å². The summed E-state index contributed by atoms with van der Waals surface area (Å²) >= 11 is 3.08. The average Bonchev–Trinajstić information content (AvgIpc) is 3.20. The predicted molar refractivity (Wildman–Crippen MR) is 79.8 cm³/mol. The molecule has 2 amide bonds. The van der Waals surface area contributed by atoms with Gasteiger partial charge in [-0.15, -0.1) is 0 Å². The van der Waals surface area contributed by atoms with Gasteiger partial charge in [0.05, 0.1) is 10.9 Å². The van der Waals surface area contributed by atoms with E-state index >= 15 is 0 Å². The van der Waals surface area contributed by atoms with Crippen LogP contribution in [0.1, 0.15) is 24.8 Å². The van der Waals surface area contributed by atoms with Crippen molar-refractivity contribution < 1.29 is 19.1 Å². The number of nitrogens with one attached hydrogen (secondary N) is 1. The second-order valence-electron chi connectivity index (χ2n) is 5.08. The van der Waals surface area contributed by atoms with E-state index in [0.29, 0.717) is 11.3 Å². The van der Waals surface area contributed by atoms with Gasteiger partial charge in [0, 0.05) is 18.3 Å². The molecular formula is C14H16BrFN2O3. The third kappa shape index (κ3) is 4.17. The monoisotopic (exact) mass is 358 g/mol. The number of aliphatic carboxylic acids is 1. The number of anilines is 1. The molecule has 1 saturated carbocycles. The maximum Gasteiger partial charge on any atom is 0.322 e. The van der Waals surface area contributed by atoms with Gasteiger partial charge in [0.25, 0.3) is 0 Å². The Bertz CT molecular complexity index is 576. The van der Waals surface area contributed by atoms with Crippen LogP contribution in [-0.2, 0) is 4.79 Å². The minimum atomic E-state index is -0.936. The number of amides is 2. The van der Waals surface area contributed by atoms with Crippen molar-refractivity contribution in [2.45, 2.75) is 32.2 Å². The Kier molecular flexibility index (Phi) is 4.82. The van der Waals surface area contributed by atoms with E-state index in [1.807, 2.05) is 0 Å². The molecule has 2 rings (SSSR count). The lowest BCUT2D eigenvalue weighted by Crippen LogP contribution is -2.38. The first-order chi connectivity index (χ1) is 9.88. The zero-order valence-electron chi connectivity index (χ0n) is 11.5. The fourth-order valence-corrected chi connectivity index (χ4v) is 2.36. The molecule has 1 aromatic rings. The van der Waals surface area contributed by atoms with E-state index in [0.717, 1.165) is 12.8 Å². The minimum absolute atomic E-state index is 0.0873. The van der Waals surface area contributed by atoms with Gasteiger partial charge in [0.1, 0.15) is 5.82 Å². The topological polar surface area (TPSA) is 69.6 Å². The number of halogens is 2. The van der Waals surface area contributed by atoms with Crippen molar-refractivity contribution in [2.75, 3.05) is 11.9 Å². The Morgan fingerprint density at radius 1 is 1.48 bits per heavy atom. The number of carboxylic acids is 1. The number of urea groups is 1. The number of hydrogen-bond acceptors (Lipinski definition) is 2. The van der Waals surface area contributed by atoms with E-state index in [4.69, 9.17) is 5.11 Å². The number of rotatable bonds is 5. The zero-order valence-corrected chi connectivity index (χ0v) is 13.1. The van der Waals surface area contributed by atoms with Gasteiger partial charge in [-0.3, -0.25) is 4.79 Å². The molecule has 1 aliphatic carbocycles. The summed E-state index contributed by atoms with van der Waals surface area (Å²) in [5.74, 6) is -1.33. The van der Waals surface area contributed by atoms with Gasteiger partial charge < -0.3 is 15.3 Å². The number of carboxylic acid groups (broad SMARTS) is 1. The molecule has 1 aromatic carbocycles. The third-order valence-electron chi connectivity index (χ3n) is 3.32. The number of hydrogen-bond donors (Lipinski definition) is 2. The lowest BCUT2D eigenvalue weighted by atomic mass is 10.2. The maximum absolute atomic E-state index is 13.4. The summed E-state index contributed by atoms with van der Waals surface area (Å²) in [5.41, 5.74) is 1.12. The first-order valence-electron chi connectivity index (χ1n) is 6.63. The van der Waals surface area contributed by atoms with Gasteiger partial charge >= 0.3 is 12.0 Å². The van der Waals surface area contributed by atoms with Crippen molar-refractivity contribution in [3.8, 4) is 0 Å². The lowest BCUT2D eigenvalue weighted by molar-refractivity contribution is -0.137. The first-order valence-corrected chi connectivity index (χ1v) is 7.43. The summed E-state index contributed by atoms with van der Waals surface area (Å²) in [7, 11) is 0. The van der Waals surface area contributed by atoms with Crippen molar-refractivity contribution in [2.24, 2.45) is 0 Å². The highest BCUT2D eigenvalue weighted by Crippen LogP contribution is 2.29. The Hall–Kier alpha value is -1.63. The average molecular weight is 359 g/mol. The predicted octanol–water partition coefficient (Wildman–Crippen LogP) is 3.37. The van der Waals surface area contributed by atoms with Crippen LogP contribution < -0.4 is 5.32 Å². The molecule has 21 heavy (non-hydrogen) atoms. The van der Waals surface area contributed by atoms with Gasteiger partial charge in [-0.1, -0.05) is 0 Å². The van der Waals surface area contributed by atoms with Crippen LogP contribution in [0.5, 0.6) is 0 Å². The van der Waals surface area contributed by atoms with Crippen LogP contribution in [0.15, 0.2) is 16.6 Å². The van der Waals surface area contributed by atoms with E-state index < -0.39 is 11.8 Å². The smallest absolute Gasteiger partial charge is 0.322 e. The number of aryl methyl sites for hydroxylation is 1. The molecule has 0 aliphatic heterocycles. The summed E-state index contributed by atoms with van der Waals surface area (Å²) < 4.78 is 13.6. The fraction of sp³-hybridized carbons (Fsp3) is 0.429. The van der Waals surface area contributed by atoms with Crippen LogP contribution in [0.4, 0.5) is 14.9 Å². The van der Waals surface area contributed by atoms with Gasteiger partial charge in [-0.2, -0.15) is 0 Å². The second kappa shape index (κ2) is 6.43. The van der Waals surface area contributed by atoms with Crippen molar-refractivity contribution in [1.29, 1.82) is 0 Å². The van der Waals surface area contributed by atoms with Crippen LogP contribution in [0, 0.1) is 12.7 Å². The molecule has 0 radical (unpaired) electrons. The van der Waals surface area contributed by atoms with Crippen LogP contribution in [0.25, 0.3) is 0 Å². The summed E-state index contributed by atoms with van der Waals surface area (Å²) in [4.78, 5) is 24.5. The molecule has 0 aromatic heterocycles. The third-order valence-corrected chi connectivity index (χ3v) is 3.93. The van der Waals surface area contributed by atoms with E-state index in [1.54, 1.807) is 6.92 Å². The van der Waals surface area contributed by atoms with Gasteiger partial charge in [0.15, 0.2) is 0 Å². The second-order valence-corrected chi connectivity index (χ2v) is 5.93. The van der Waals surface area contributed by atoms with E-state index in [9.17, 15) is 14.0 Å². The van der Waals surface area contributed by atoms with Crippen LogP contribution >= 0.6 is 15.9 Å². The zero-order chi connectivity index (χ0) is 15.6. The Labute approximate surface area is 130 Å². The summed E-state index contributed by atoms with van der Waals surface area (Å²) in [6, 6.07) is 2.59. The van der Waals surface area contributed by atoms with Crippen LogP contribution in [0.3, 0.4) is 0 Å². The molecule has 0 unspecified atom stereocenters. The quantitative estimate of drug-likeness (QED) is 0.847. The fourth-order valence-electron chi connectivity index (χ4n) is 2.02. The molecule has 0 heterocycles. The summed E-state index contributed by atoms with van der Waals surface area (Å²) in [6.45, 7) is 1.87. The highest BCUT2D eigenvalue weighted by Gasteiger charge is 2.32. The number of carbonyl (C=O) groups is 2. The molecule has 1 fully saturated rings. The lowest BCUT2D eigenvalue weighted by Gasteiger charge is -2.22. The van der Waals surface area contributed by atoms with Crippen molar-refractivity contribution in [3.05, 3.63) is 28.0 Å². The highest BCUT2D eigenvalue weighted by molar-refractivity contribution is 9.10. The number of nitrogens with zero attached hydrogens (tertiary/aromatic N) is 1. The summed E-state index contributed by atoms with van der Waals surface area (Å²) in [6.07, 6.45) is 1.69. The Morgan fingerprint density at radius 3 is 2.71 bits per heavy atom. The molecular weight excluding hydrogens is 343 g/mol. The standard InChI is InChI=1S/C14H16BrFN2O3/c1-8-6-11(16)10(15)7-12(8)17-14(21)18(9-2-3-9)5-4-13(19)20/h6-7,9H,2-5H2,1H3,(H,17,21)(H,19,20). The molecule has 0 atom stereocenters. The molecule has 0 bridgehead atoms. The molecule has 114 valence electrons. The van der Waals surface area contributed by atoms with E-state index in [2.05, 4.69) is 21.2 Å². The van der Waals surface area contributed by atoms with Crippen molar-refractivity contribution >= 4 is 33.6 Å². The maximum atomic E-state index is 13.4. The molecule has 1 aliphatic rings. The molecule has 0 spiro atoms. The summed E-state index contributed by atoms with van der Waals surface area (Å²) in [5, 5.41) is 11.5. The van der Waals surface area contributed by atoms with Crippen LogP contribution in [-0.4, -0.2) is 34.6 Å². The molecule has 2 N–H and O–H groups in total. The minimum Gasteiger partial charge on any atom is -0.481 e. The molecule has 5 nitrogen and oxygen atoms in total. The SMILES string of the molecule is Cc1cc(F)c(Br)cc1NC(=O)N(CCC(=O)O)C1CC1. The van der Waals surface area contributed by atoms with Gasteiger partial charge in [-0.05, 0) is 53.4 Å². The Balaban J connectivity index is 2.08.